The van der Waals surface area contributed by atoms with Crippen LogP contribution in [0.25, 0.3) is 0 Å². The zero-order valence-corrected chi connectivity index (χ0v) is 18.2. The highest BCUT2D eigenvalue weighted by atomic mass is 79.9. The first-order chi connectivity index (χ1) is 13.1. The molecule has 0 spiro atoms. The van der Waals surface area contributed by atoms with E-state index in [1.54, 1.807) is 45.0 Å². The highest BCUT2D eigenvalue weighted by molar-refractivity contribution is 9.10. The Balaban J connectivity index is 1.87. The van der Waals surface area contributed by atoms with Gasteiger partial charge in [0, 0.05) is 28.9 Å². The molecular weight excluding hydrogens is 449 g/mol. The lowest BCUT2D eigenvalue weighted by atomic mass is 10.2. The van der Waals surface area contributed by atoms with E-state index in [2.05, 4.69) is 31.3 Å². The molecule has 0 aliphatic heterocycles. The Labute approximate surface area is 175 Å². The van der Waals surface area contributed by atoms with Crippen LogP contribution in [0.3, 0.4) is 0 Å². The van der Waals surface area contributed by atoms with Crippen LogP contribution in [0.15, 0.2) is 51.8 Å². The molecule has 2 aromatic rings. The molecule has 2 rings (SSSR count). The van der Waals surface area contributed by atoms with E-state index in [1.807, 2.05) is 6.07 Å². The average Bonchev–Trinajstić information content (AvgIpc) is 2.59. The summed E-state index contributed by atoms with van der Waals surface area (Å²) in [7, 11) is -1.74. The van der Waals surface area contributed by atoms with Gasteiger partial charge in [-0.15, -0.1) is 0 Å². The summed E-state index contributed by atoms with van der Waals surface area (Å²) in [6.07, 6.45) is -0.476. The van der Waals surface area contributed by atoms with Gasteiger partial charge in [-0.05, 0) is 57.2 Å². The van der Waals surface area contributed by atoms with Crippen molar-refractivity contribution in [2.75, 3.05) is 23.1 Å². The first kappa shape index (κ1) is 22.2. The Morgan fingerprint density at radius 1 is 1.14 bits per heavy atom. The van der Waals surface area contributed by atoms with E-state index in [4.69, 9.17) is 4.74 Å². The van der Waals surface area contributed by atoms with E-state index in [1.165, 1.54) is 12.1 Å². The van der Waals surface area contributed by atoms with Gasteiger partial charge < -0.3 is 20.1 Å². The number of rotatable bonds is 7. The summed E-state index contributed by atoms with van der Waals surface area (Å²) in [5.41, 5.74) is 0.798. The van der Waals surface area contributed by atoms with Crippen LogP contribution in [0.2, 0.25) is 0 Å². The average molecular weight is 472 g/mol. The third-order valence-corrected chi connectivity index (χ3v) is 4.92. The maximum atomic E-state index is 13.9. The smallest absolute Gasteiger partial charge is 0.407 e. The second-order valence-corrected chi connectivity index (χ2v) is 8.98. The lowest BCUT2D eigenvalue weighted by molar-refractivity contribution is 0.0530. The third-order valence-electron chi connectivity index (χ3n) is 3.29. The van der Waals surface area contributed by atoms with Crippen LogP contribution in [0, 0.1) is 5.82 Å². The summed E-state index contributed by atoms with van der Waals surface area (Å²) >= 11 is 3.25. The minimum absolute atomic E-state index is 0.0642. The summed E-state index contributed by atoms with van der Waals surface area (Å²) in [4.78, 5) is 11.7. The molecule has 152 valence electrons. The van der Waals surface area contributed by atoms with Crippen LogP contribution in [-0.4, -0.2) is 29.0 Å². The van der Waals surface area contributed by atoms with Gasteiger partial charge >= 0.3 is 6.09 Å². The van der Waals surface area contributed by atoms with Crippen molar-refractivity contribution in [2.45, 2.75) is 31.3 Å². The number of carbonyl (C=O) groups is 1. The van der Waals surface area contributed by atoms with Gasteiger partial charge in [-0.2, -0.15) is 0 Å². The second-order valence-electron chi connectivity index (χ2n) is 6.88. The van der Waals surface area contributed by atoms with E-state index >= 15 is 0 Å². The monoisotopic (exact) mass is 471 g/mol. The summed E-state index contributed by atoms with van der Waals surface area (Å²) in [6.45, 7) is 6.25. The molecule has 28 heavy (non-hydrogen) atoms. The lowest BCUT2D eigenvalue weighted by Crippen LogP contribution is -2.34. The predicted molar refractivity (Wildman–Crippen MR) is 113 cm³/mol. The number of benzene rings is 2. The molecule has 1 unspecified atom stereocenters. The van der Waals surface area contributed by atoms with Gasteiger partial charge in [-0.3, -0.25) is 0 Å². The van der Waals surface area contributed by atoms with Crippen molar-refractivity contribution in [1.82, 2.24) is 5.32 Å². The molecule has 1 amide bonds. The Kier molecular flexibility index (Phi) is 7.82. The highest BCUT2D eigenvalue weighted by Gasteiger charge is 2.15. The fourth-order valence-corrected chi connectivity index (χ4v) is 3.60. The van der Waals surface area contributed by atoms with Gasteiger partial charge in [0.15, 0.2) is 11.0 Å². The van der Waals surface area contributed by atoms with Gasteiger partial charge in [0.2, 0.25) is 0 Å². The summed E-state index contributed by atoms with van der Waals surface area (Å²) in [5.74, 6) is -0.545. The molecule has 0 saturated heterocycles. The zero-order chi connectivity index (χ0) is 20.7. The molecule has 2 aromatic carbocycles. The molecule has 0 fully saturated rings. The zero-order valence-electron chi connectivity index (χ0n) is 15.8. The topological polar surface area (TPSA) is 79.5 Å². The molecule has 9 heteroatoms. The number of ether oxygens (including phenoxy) is 1. The van der Waals surface area contributed by atoms with E-state index < -0.39 is 28.5 Å². The number of amides is 1. The number of hydrogen-bond donors (Lipinski definition) is 3. The molecule has 0 aromatic heterocycles. The molecule has 6 nitrogen and oxygen atoms in total. The maximum Gasteiger partial charge on any atom is 0.407 e. The molecule has 0 radical (unpaired) electrons. The van der Waals surface area contributed by atoms with Crippen molar-refractivity contribution in [1.29, 1.82) is 0 Å². The van der Waals surface area contributed by atoms with Gasteiger partial charge in [0.1, 0.15) is 11.4 Å². The summed E-state index contributed by atoms with van der Waals surface area (Å²) < 4.78 is 34.9. The molecule has 3 N–H and O–H groups in total. The quantitative estimate of drug-likeness (QED) is 0.513. The Bertz CT molecular complexity index is 859. The lowest BCUT2D eigenvalue weighted by Gasteiger charge is -2.19. The molecule has 0 heterocycles. The van der Waals surface area contributed by atoms with Crippen molar-refractivity contribution in [2.24, 2.45) is 0 Å². The first-order valence-electron chi connectivity index (χ1n) is 8.58. The minimum Gasteiger partial charge on any atom is -0.444 e. The number of carbonyl (C=O) groups excluding carboxylic acids is 1. The Morgan fingerprint density at radius 2 is 1.86 bits per heavy atom. The number of hydrogen-bond acceptors (Lipinski definition) is 4. The predicted octanol–water partition coefficient (Wildman–Crippen LogP) is 4.66. The van der Waals surface area contributed by atoms with Crippen LogP contribution in [0.5, 0.6) is 0 Å². The van der Waals surface area contributed by atoms with Crippen LogP contribution in [-0.2, 0) is 15.7 Å². The molecule has 0 bridgehead atoms. The fourth-order valence-electron chi connectivity index (χ4n) is 2.16. The first-order valence-corrected chi connectivity index (χ1v) is 10.5. The number of halogens is 2. The van der Waals surface area contributed by atoms with Crippen molar-refractivity contribution < 1.29 is 18.1 Å². The Hall–Kier alpha value is -2.13. The third kappa shape index (κ3) is 7.47. The normalized spacial score (nSPS) is 12.2. The molecule has 0 aliphatic carbocycles. The maximum absolute atomic E-state index is 13.9. The number of anilines is 2. The van der Waals surface area contributed by atoms with E-state index in [-0.39, 0.29) is 4.90 Å². The molecule has 0 aliphatic rings. The van der Waals surface area contributed by atoms with Crippen molar-refractivity contribution in [3.05, 3.63) is 52.8 Å². The van der Waals surface area contributed by atoms with Crippen LogP contribution in [0.4, 0.5) is 20.6 Å². The standard InChI is InChI=1S/C19H23BrFN3O3S/c1-19(2,3)27-18(25)23-10-9-22-14-5-4-6-15(12-14)24-28(26)17-11-13(20)7-8-16(17)21/h4-8,11-12,22,24H,9-10H2,1-3H3,(H,23,25). The van der Waals surface area contributed by atoms with Gasteiger partial charge in [0.25, 0.3) is 0 Å². The fraction of sp³-hybridized carbons (Fsp3) is 0.316. The van der Waals surface area contributed by atoms with Crippen molar-refractivity contribution in [3.63, 3.8) is 0 Å². The summed E-state index contributed by atoms with van der Waals surface area (Å²) in [6, 6.07) is 11.4. The van der Waals surface area contributed by atoms with E-state index in [9.17, 15) is 13.4 Å². The number of nitrogens with one attached hydrogen (secondary N) is 3. The largest absolute Gasteiger partial charge is 0.444 e. The SMILES string of the molecule is CC(C)(C)OC(=O)NCCNc1cccc(NS(=O)c2cc(Br)ccc2F)c1. The van der Waals surface area contributed by atoms with Crippen LogP contribution >= 0.6 is 15.9 Å². The van der Waals surface area contributed by atoms with E-state index in [0.717, 1.165) is 5.69 Å². The second kappa shape index (κ2) is 9.88. The van der Waals surface area contributed by atoms with Crippen molar-refractivity contribution in [3.8, 4) is 0 Å². The molecule has 1 atom stereocenters. The van der Waals surface area contributed by atoms with Crippen LogP contribution in [0.1, 0.15) is 20.8 Å². The van der Waals surface area contributed by atoms with Crippen molar-refractivity contribution >= 4 is 44.4 Å². The van der Waals surface area contributed by atoms with Crippen LogP contribution < -0.4 is 15.4 Å². The van der Waals surface area contributed by atoms with Gasteiger partial charge in [0.05, 0.1) is 4.90 Å². The molecular formula is C19H23BrFN3O3S. The Morgan fingerprint density at radius 3 is 2.57 bits per heavy atom. The van der Waals surface area contributed by atoms with Gasteiger partial charge in [-0.1, -0.05) is 22.0 Å². The van der Waals surface area contributed by atoms with E-state index in [0.29, 0.717) is 23.2 Å². The minimum atomic E-state index is -1.74. The summed E-state index contributed by atoms with van der Waals surface area (Å²) in [5, 5.41) is 5.80. The highest BCUT2D eigenvalue weighted by Crippen LogP contribution is 2.21. The number of alkyl carbamates (subject to hydrolysis) is 1. The molecule has 0 saturated carbocycles. The van der Waals surface area contributed by atoms with Gasteiger partial charge in [-0.25, -0.2) is 13.4 Å².